The largest absolute Gasteiger partial charge is 0.387 e. The molecule has 4 nitrogen and oxygen atoms in total. The Morgan fingerprint density at radius 2 is 1.76 bits per heavy atom. The van der Waals surface area contributed by atoms with E-state index in [0.717, 1.165) is 38.8 Å². The molecule has 0 atom stereocenters. The first kappa shape index (κ1) is 12.4. The van der Waals surface area contributed by atoms with Crippen LogP contribution in [0, 0.1) is 5.92 Å². The third-order valence-corrected chi connectivity index (χ3v) is 3.88. The van der Waals surface area contributed by atoms with Crippen molar-refractivity contribution in [2.75, 3.05) is 19.6 Å². The average molecular weight is 237 g/mol. The van der Waals surface area contributed by atoms with Crippen LogP contribution >= 0.6 is 0 Å². The summed E-state index contributed by atoms with van der Waals surface area (Å²) in [6.45, 7) is 2.05. The third-order valence-electron chi connectivity index (χ3n) is 3.88. The number of rotatable bonds is 3. The topological polar surface area (TPSA) is 58.7 Å². The van der Waals surface area contributed by atoms with Gasteiger partial charge in [0.2, 0.25) is 5.91 Å². The number of aliphatic imine (C=N–C) groups is 1. The highest BCUT2D eigenvalue weighted by Gasteiger charge is 2.20. The fraction of sp³-hybridized carbons (Fsp3) is 0.846. The summed E-state index contributed by atoms with van der Waals surface area (Å²) in [5.41, 5.74) is 5.94. The zero-order chi connectivity index (χ0) is 12.1. The third kappa shape index (κ3) is 3.45. The molecule has 0 aromatic heterocycles. The molecule has 2 N–H and O–H groups in total. The van der Waals surface area contributed by atoms with Crippen molar-refractivity contribution < 1.29 is 4.79 Å². The Morgan fingerprint density at radius 3 is 2.41 bits per heavy atom. The van der Waals surface area contributed by atoms with Crippen molar-refractivity contribution >= 4 is 11.7 Å². The maximum atomic E-state index is 11.9. The van der Waals surface area contributed by atoms with E-state index in [2.05, 4.69) is 4.99 Å². The smallest absolute Gasteiger partial charge is 0.244 e. The molecule has 0 bridgehead atoms. The zero-order valence-corrected chi connectivity index (χ0v) is 10.5. The molecule has 0 unspecified atom stereocenters. The highest BCUT2D eigenvalue weighted by Crippen LogP contribution is 2.24. The normalized spacial score (nSPS) is 23.1. The molecule has 0 radical (unpaired) electrons. The molecule has 2 rings (SSSR count). The summed E-state index contributed by atoms with van der Waals surface area (Å²) in [4.78, 5) is 18.1. The number of hydrogen-bond donors (Lipinski definition) is 1. The lowest BCUT2D eigenvalue weighted by Crippen LogP contribution is -2.37. The van der Waals surface area contributed by atoms with E-state index in [1.54, 1.807) is 0 Å². The summed E-state index contributed by atoms with van der Waals surface area (Å²) in [5, 5.41) is 0. The van der Waals surface area contributed by atoms with Gasteiger partial charge >= 0.3 is 0 Å². The zero-order valence-electron chi connectivity index (χ0n) is 10.5. The van der Waals surface area contributed by atoms with Crippen LogP contribution in [0.5, 0.6) is 0 Å². The maximum Gasteiger partial charge on any atom is 0.244 e. The molecule has 1 saturated carbocycles. The van der Waals surface area contributed by atoms with Gasteiger partial charge in [-0.05, 0) is 32.1 Å². The summed E-state index contributed by atoms with van der Waals surface area (Å²) < 4.78 is 0. The Bertz CT molecular complexity index is 289. The van der Waals surface area contributed by atoms with Crippen LogP contribution < -0.4 is 5.73 Å². The van der Waals surface area contributed by atoms with E-state index in [1.165, 1.54) is 19.3 Å². The number of hydrogen-bond acceptors (Lipinski definition) is 2. The molecule has 0 spiro atoms. The second-order valence-electron chi connectivity index (χ2n) is 5.16. The predicted octanol–water partition coefficient (Wildman–Crippen LogP) is 1.55. The number of nitrogens with two attached hydrogens (primary N) is 1. The van der Waals surface area contributed by atoms with Crippen LogP contribution in [0.15, 0.2) is 4.99 Å². The lowest BCUT2D eigenvalue weighted by molar-refractivity contribution is -0.130. The van der Waals surface area contributed by atoms with E-state index in [9.17, 15) is 4.79 Å². The number of nitrogens with zero attached hydrogens (tertiary/aromatic N) is 2. The molecule has 4 heteroatoms. The SMILES string of the molecule is NC(=NCC(=O)N1CCCCC1)C1CCCC1. The Labute approximate surface area is 103 Å². The minimum Gasteiger partial charge on any atom is -0.387 e. The first-order valence-electron chi connectivity index (χ1n) is 6.85. The highest BCUT2D eigenvalue weighted by molar-refractivity contribution is 5.86. The molecule has 0 aromatic rings. The molecule has 0 aromatic carbocycles. The summed E-state index contributed by atoms with van der Waals surface area (Å²) in [6.07, 6.45) is 8.31. The summed E-state index contributed by atoms with van der Waals surface area (Å²) in [7, 11) is 0. The average Bonchev–Trinajstić information content (AvgIpc) is 2.90. The number of likely N-dealkylation sites (tertiary alicyclic amines) is 1. The maximum absolute atomic E-state index is 11.9. The van der Waals surface area contributed by atoms with E-state index in [1.807, 2.05) is 4.90 Å². The monoisotopic (exact) mass is 237 g/mol. The van der Waals surface area contributed by atoms with Crippen molar-refractivity contribution in [2.24, 2.45) is 16.6 Å². The van der Waals surface area contributed by atoms with Gasteiger partial charge in [0.15, 0.2) is 0 Å². The standard InChI is InChI=1S/C13H23N3O/c14-13(11-6-2-3-7-11)15-10-12(17)16-8-4-1-5-9-16/h11H,1-10H2,(H2,14,15). The van der Waals surface area contributed by atoms with Crippen LogP contribution in [0.25, 0.3) is 0 Å². The second kappa shape index (κ2) is 6.03. The molecule has 96 valence electrons. The number of piperidine rings is 1. The number of carbonyl (C=O) groups is 1. The fourth-order valence-corrected chi connectivity index (χ4v) is 2.75. The molecule has 1 amide bonds. The summed E-state index contributed by atoms with van der Waals surface area (Å²) >= 11 is 0. The Morgan fingerprint density at radius 1 is 1.12 bits per heavy atom. The van der Waals surface area contributed by atoms with Gasteiger partial charge in [0.05, 0.1) is 5.84 Å². The van der Waals surface area contributed by atoms with E-state index < -0.39 is 0 Å². The van der Waals surface area contributed by atoms with Gasteiger partial charge in [0.1, 0.15) is 6.54 Å². The molecule has 1 aliphatic heterocycles. The lowest BCUT2D eigenvalue weighted by Gasteiger charge is -2.26. The van der Waals surface area contributed by atoms with Gasteiger partial charge < -0.3 is 10.6 Å². The molecule has 1 saturated heterocycles. The van der Waals surface area contributed by atoms with Gasteiger partial charge in [-0.1, -0.05) is 12.8 Å². The van der Waals surface area contributed by atoms with Crippen molar-refractivity contribution in [1.82, 2.24) is 4.90 Å². The van der Waals surface area contributed by atoms with Crippen LogP contribution in [-0.4, -0.2) is 36.3 Å². The van der Waals surface area contributed by atoms with Crippen LogP contribution in [0.1, 0.15) is 44.9 Å². The molecule has 2 fully saturated rings. The Hall–Kier alpha value is -1.06. The lowest BCUT2D eigenvalue weighted by atomic mass is 10.1. The quantitative estimate of drug-likeness (QED) is 0.598. The first-order valence-corrected chi connectivity index (χ1v) is 6.85. The van der Waals surface area contributed by atoms with Gasteiger partial charge in [-0.25, -0.2) is 0 Å². The van der Waals surface area contributed by atoms with Gasteiger partial charge in [-0.2, -0.15) is 0 Å². The van der Waals surface area contributed by atoms with E-state index in [4.69, 9.17) is 5.73 Å². The fourth-order valence-electron chi connectivity index (χ4n) is 2.75. The van der Waals surface area contributed by atoms with Gasteiger partial charge in [0.25, 0.3) is 0 Å². The second-order valence-corrected chi connectivity index (χ2v) is 5.16. The summed E-state index contributed by atoms with van der Waals surface area (Å²) in [6, 6.07) is 0. The van der Waals surface area contributed by atoms with E-state index in [-0.39, 0.29) is 12.5 Å². The van der Waals surface area contributed by atoms with Gasteiger partial charge in [0, 0.05) is 19.0 Å². The number of amidine groups is 1. The van der Waals surface area contributed by atoms with Crippen molar-refractivity contribution in [2.45, 2.75) is 44.9 Å². The minimum absolute atomic E-state index is 0.144. The Kier molecular flexibility index (Phi) is 4.40. The van der Waals surface area contributed by atoms with Crippen LogP contribution in [0.2, 0.25) is 0 Å². The van der Waals surface area contributed by atoms with Crippen LogP contribution in [-0.2, 0) is 4.79 Å². The summed E-state index contributed by atoms with van der Waals surface area (Å²) in [5.74, 6) is 1.28. The molecule has 17 heavy (non-hydrogen) atoms. The minimum atomic E-state index is 0.144. The van der Waals surface area contributed by atoms with E-state index >= 15 is 0 Å². The van der Waals surface area contributed by atoms with Crippen LogP contribution in [0.4, 0.5) is 0 Å². The van der Waals surface area contributed by atoms with Crippen molar-refractivity contribution in [3.8, 4) is 0 Å². The Balaban J connectivity index is 1.79. The number of carbonyl (C=O) groups excluding carboxylic acids is 1. The first-order chi connectivity index (χ1) is 8.27. The van der Waals surface area contributed by atoms with Crippen molar-refractivity contribution in [1.29, 1.82) is 0 Å². The highest BCUT2D eigenvalue weighted by atomic mass is 16.2. The van der Waals surface area contributed by atoms with Crippen molar-refractivity contribution in [3.63, 3.8) is 0 Å². The predicted molar refractivity (Wildman–Crippen MR) is 68.9 cm³/mol. The van der Waals surface area contributed by atoms with Gasteiger partial charge in [-0.15, -0.1) is 0 Å². The number of amides is 1. The molecule has 1 aliphatic carbocycles. The molecular weight excluding hydrogens is 214 g/mol. The molecule has 1 heterocycles. The van der Waals surface area contributed by atoms with Gasteiger partial charge in [-0.3, -0.25) is 9.79 Å². The van der Waals surface area contributed by atoms with E-state index in [0.29, 0.717) is 11.8 Å². The molecular formula is C13H23N3O. The molecule has 2 aliphatic rings. The van der Waals surface area contributed by atoms with Crippen LogP contribution in [0.3, 0.4) is 0 Å². The van der Waals surface area contributed by atoms with Crippen molar-refractivity contribution in [3.05, 3.63) is 0 Å².